The van der Waals surface area contributed by atoms with Gasteiger partial charge in [-0.1, -0.05) is 76.5 Å². The van der Waals surface area contributed by atoms with Gasteiger partial charge in [0, 0.05) is 26.9 Å². The fourth-order valence-electron chi connectivity index (χ4n) is 3.49. The molecule has 1 N–H and O–H groups in total. The third-order valence-electron chi connectivity index (χ3n) is 4.89. The van der Waals surface area contributed by atoms with Gasteiger partial charge in [0.1, 0.15) is 23.5 Å². The van der Waals surface area contributed by atoms with Gasteiger partial charge in [-0.2, -0.15) is 0 Å². The topological polar surface area (TPSA) is 15.8 Å². The molecule has 1 nitrogen and oxygen atoms in total. The van der Waals surface area contributed by atoms with Gasteiger partial charge >= 0.3 is 0 Å². The van der Waals surface area contributed by atoms with Crippen LogP contribution in [-0.2, 0) is 0 Å². The summed E-state index contributed by atoms with van der Waals surface area (Å²) in [6.45, 7) is 0. The van der Waals surface area contributed by atoms with Crippen LogP contribution in [0.2, 0.25) is 5.02 Å². The summed E-state index contributed by atoms with van der Waals surface area (Å²) in [7, 11) is 6.34. The number of benzene rings is 3. The van der Waals surface area contributed by atoms with Crippen LogP contribution in [0, 0.1) is 0 Å². The van der Waals surface area contributed by atoms with Crippen molar-refractivity contribution in [3.8, 4) is 11.1 Å². The van der Waals surface area contributed by atoms with Gasteiger partial charge in [-0.15, -0.1) is 0 Å². The molecule has 0 radical (unpaired) electrons. The highest BCUT2D eigenvalue weighted by molar-refractivity contribution is 6.64. The van der Waals surface area contributed by atoms with Gasteiger partial charge in [0.2, 0.25) is 0 Å². The number of nitrogens with one attached hydrogen (secondary N) is 1. The van der Waals surface area contributed by atoms with E-state index in [1.54, 1.807) is 0 Å². The number of halogens is 1. The normalized spacial score (nSPS) is 11.3. The number of hydrogen-bond donors (Lipinski definition) is 1. The summed E-state index contributed by atoms with van der Waals surface area (Å²) in [5.41, 5.74) is 8.37. The molecule has 0 fully saturated rings. The van der Waals surface area contributed by atoms with Gasteiger partial charge < -0.3 is 4.98 Å². The molecule has 4 aromatic rings. The fraction of sp³-hybridized carbons (Fsp3) is 0. The Hall–Kier alpha value is -2.06. The van der Waals surface area contributed by atoms with E-state index in [1.807, 2.05) is 6.07 Å². The van der Waals surface area contributed by atoms with E-state index in [9.17, 15) is 0 Å². The van der Waals surface area contributed by atoms with Crippen LogP contribution < -0.4 is 16.4 Å². The Morgan fingerprint density at radius 2 is 1.48 bits per heavy atom. The largest absolute Gasteiger partial charge is 0.354 e. The van der Waals surface area contributed by atoms with Crippen molar-refractivity contribution in [2.24, 2.45) is 0 Å². The van der Waals surface area contributed by atoms with Gasteiger partial charge in [0.15, 0.2) is 0 Å². The molecule has 0 amide bonds. The van der Waals surface area contributed by atoms with Crippen molar-refractivity contribution in [1.29, 1.82) is 0 Å². The predicted octanol–water partition coefficient (Wildman–Crippen LogP) is 0.417. The number of H-pyrrole nitrogens is 1. The molecule has 23 heavy (non-hydrogen) atoms. The Balaban J connectivity index is 2.19. The maximum atomic E-state index is 6.56. The van der Waals surface area contributed by atoms with Crippen LogP contribution in [0.5, 0.6) is 0 Å². The third kappa shape index (κ3) is 2.05. The van der Waals surface area contributed by atoms with Crippen molar-refractivity contribution < 1.29 is 0 Å². The Morgan fingerprint density at radius 1 is 0.739 bits per heavy atom. The molecule has 5 heteroatoms. The van der Waals surface area contributed by atoms with E-state index in [0.717, 1.165) is 15.9 Å². The molecular formula is C18H15B3ClN. The van der Waals surface area contributed by atoms with Crippen molar-refractivity contribution in [2.45, 2.75) is 0 Å². The molecule has 1 heterocycles. The molecule has 3 aromatic carbocycles. The number of fused-ring (bicyclic) bond motifs is 3. The average Bonchev–Trinajstić information content (AvgIpc) is 2.98. The zero-order valence-electron chi connectivity index (χ0n) is 13.5. The number of aromatic nitrogens is 1. The van der Waals surface area contributed by atoms with E-state index in [4.69, 9.17) is 11.6 Å². The van der Waals surface area contributed by atoms with Crippen LogP contribution in [0.15, 0.2) is 48.5 Å². The predicted molar refractivity (Wildman–Crippen MR) is 111 cm³/mol. The molecule has 0 spiro atoms. The molecule has 0 atom stereocenters. The Bertz CT molecular complexity index is 1050. The molecule has 4 rings (SSSR count). The molecular weight excluding hydrogens is 298 g/mol. The van der Waals surface area contributed by atoms with Gasteiger partial charge in [-0.05, 0) is 5.56 Å². The quantitative estimate of drug-likeness (QED) is 0.490. The average molecular weight is 313 g/mol. The maximum absolute atomic E-state index is 6.56. The molecule has 0 saturated carbocycles. The standard InChI is InChI=1S/C18H15B3ClN/c19-13-12-11-8-4-7-10(9-5-2-1-3-6-9)17(11)23-18(12)15(21)14(20)16(13)22/h1-8,23H,19-21H2. The van der Waals surface area contributed by atoms with E-state index in [0.29, 0.717) is 0 Å². The third-order valence-corrected chi connectivity index (χ3v) is 5.46. The first kappa shape index (κ1) is 14.5. The van der Waals surface area contributed by atoms with E-state index in [1.165, 1.54) is 38.4 Å². The Kier molecular flexibility index (Phi) is 3.31. The lowest BCUT2D eigenvalue weighted by molar-refractivity contribution is 1.55. The minimum Gasteiger partial charge on any atom is -0.354 e. The number of para-hydroxylation sites is 1. The SMILES string of the molecule is Bc1c(Cl)c(B)c2c([nH]c3c(-c4ccccc4)cccc32)c1B. The van der Waals surface area contributed by atoms with E-state index < -0.39 is 0 Å². The second kappa shape index (κ2) is 5.24. The lowest BCUT2D eigenvalue weighted by Gasteiger charge is -2.10. The monoisotopic (exact) mass is 313 g/mol. The summed E-state index contributed by atoms with van der Waals surface area (Å²) in [6.07, 6.45) is 0. The summed E-state index contributed by atoms with van der Waals surface area (Å²) in [5, 5.41) is 3.36. The van der Waals surface area contributed by atoms with E-state index in [2.05, 4.69) is 71.0 Å². The molecule has 0 aliphatic carbocycles. The lowest BCUT2D eigenvalue weighted by Crippen LogP contribution is -2.32. The molecule has 0 bridgehead atoms. The highest BCUT2D eigenvalue weighted by atomic mass is 35.5. The number of rotatable bonds is 1. The van der Waals surface area contributed by atoms with Gasteiger partial charge in [0.05, 0.1) is 5.52 Å². The summed E-state index contributed by atoms with van der Waals surface area (Å²) in [6, 6.07) is 17.0. The van der Waals surface area contributed by atoms with E-state index >= 15 is 0 Å². The minimum atomic E-state index is 0.876. The van der Waals surface area contributed by atoms with Crippen molar-refractivity contribution in [3.63, 3.8) is 0 Å². The van der Waals surface area contributed by atoms with Crippen molar-refractivity contribution in [2.75, 3.05) is 0 Å². The maximum Gasteiger partial charge on any atom is 0.142 e. The second-order valence-corrected chi connectivity index (χ2v) is 6.54. The summed E-state index contributed by atoms with van der Waals surface area (Å²) in [5.74, 6) is 0. The summed E-state index contributed by atoms with van der Waals surface area (Å²) in [4.78, 5) is 3.66. The first-order valence-corrected chi connectivity index (χ1v) is 8.22. The van der Waals surface area contributed by atoms with Crippen LogP contribution in [0.4, 0.5) is 0 Å². The highest BCUT2D eigenvalue weighted by Gasteiger charge is 2.16. The summed E-state index contributed by atoms with van der Waals surface area (Å²) >= 11 is 6.56. The first-order valence-electron chi connectivity index (χ1n) is 7.84. The van der Waals surface area contributed by atoms with Gasteiger partial charge in [-0.3, -0.25) is 0 Å². The fourth-order valence-corrected chi connectivity index (χ4v) is 3.73. The number of hydrogen-bond acceptors (Lipinski definition) is 0. The van der Waals surface area contributed by atoms with Crippen LogP contribution in [0.3, 0.4) is 0 Å². The molecule has 108 valence electrons. The van der Waals surface area contributed by atoms with Crippen LogP contribution >= 0.6 is 11.6 Å². The molecule has 0 aliphatic heterocycles. The number of aromatic amines is 1. The molecule has 1 aromatic heterocycles. The van der Waals surface area contributed by atoms with Crippen LogP contribution in [0.25, 0.3) is 32.9 Å². The zero-order chi connectivity index (χ0) is 16.1. The smallest absolute Gasteiger partial charge is 0.142 e. The van der Waals surface area contributed by atoms with Crippen LogP contribution in [-0.4, -0.2) is 28.5 Å². The highest BCUT2D eigenvalue weighted by Crippen LogP contribution is 2.32. The van der Waals surface area contributed by atoms with E-state index in [-0.39, 0.29) is 0 Å². The van der Waals surface area contributed by atoms with Crippen LogP contribution in [0.1, 0.15) is 0 Å². The molecule has 0 saturated heterocycles. The minimum absolute atomic E-state index is 0.876. The second-order valence-electron chi connectivity index (χ2n) is 6.16. The Labute approximate surface area is 143 Å². The van der Waals surface area contributed by atoms with Gasteiger partial charge in [0.25, 0.3) is 0 Å². The first-order chi connectivity index (χ1) is 11.1. The van der Waals surface area contributed by atoms with Crippen molar-refractivity contribution in [3.05, 3.63) is 53.6 Å². The van der Waals surface area contributed by atoms with Gasteiger partial charge in [-0.25, -0.2) is 0 Å². The molecule has 0 aliphatic rings. The summed E-state index contributed by atoms with van der Waals surface area (Å²) < 4.78 is 0. The lowest BCUT2D eigenvalue weighted by atomic mass is 9.74. The van der Waals surface area contributed by atoms with Crippen molar-refractivity contribution >= 4 is 73.3 Å². The zero-order valence-corrected chi connectivity index (χ0v) is 14.3. The molecule has 0 unspecified atom stereocenters. The van der Waals surface area contributed by atoms with Crippen molar-refractivity contribution in [1.82, 2.24) is 4.98 Å². The Morgan fingerprint density at radius 3 is 2.22 bits per heavy atom.